The number of H-pyrrole nitrogens is 1. The van der Waals surface area contributed by atoms with E-state index in [4.69, 9.17) is 4.98 Å². The molecule has 0 unspecified atom stereocenters. The summed E-state index contributed by atoms with van der Waals surface area (Å²) in [6.45, 7) is 8.72. The number of benzene rings is 1. The molecule has 4 heteroatoms. The second-order valence-corrected chi connectivity index (χ2v) is 6.37. The standard InChI is InChI=1S/C14H17N3S/c1-7(2)11-9-5-6-10-13(12(9)17-16-11)15-14(18-10)8(3)4/h5-8H,1-4H3,(H,16,17). The average Bonchev–Trinajstić information content (AvgIpc) is 2.91. The van der Waals surface area contributed by atoms with Crippen molar-refractivity contribution in [2.45, 2.75) is 39.5 Å². The average molecular weight is 259 g/mol. The van der Waals surface area contributed by atoms with Crippen LogP contribution in [-0.2, 0) is 0 Å². The van der Waals surface area contributed by atoms with Crippen LogP contribution in [0.1, 0.15) is 50.2 Å². The lowest BCUT2D eigenvalue weighted by Gasteiger charge is -2.00. The van der Waals surface area contributed by atoms with Gasteiger partial charge in [0.2, 0.25) is 0 Å². The number of nitrogens with one attached hydrogen (secondary N) is 1. The molecule has 0 saturated carbocycles. The van der Waals surface area contributed by atoms with Crippen molar-refractivity contribution in [3.05, 3.63) is 22.8 Å². The van der Waals surface area contributed by atoms with Gasteiger partial charge in [0.25, 0.3) is 0 Å². The zero-order chi connectivity index (χ0) is 12.9. The maximum atomic E-state index is 4.75. The van der Waals surface area contributed by atoms with E-state index < -0.39 is 0 Å². The Labute approximate surface area is 110 Å². The highest BCUT2D eigenvalue weighted by Crippen LogP contribution is 2.33. The first-order valence-corrected chi connectivity index (χ1v) is 7.17. The van der Waals surface area contributed by atoms with Crippen molar-refractivity contribution >= 4 is 32.5 Å². The fourth-order valence-corrected chi connectivity index (χ4v) is 3.16. The highest BCUT2D eigenvalue weighted by molar-refractivity contribution is 7.18. The molecule has 94 valence electrons. The quantitative estimate of drug-likeness (QED) is 0.740. The number of aromatic nitrogens is 3. The number of rotatable bonds is 2. The van der Waals surface area contributed by atoms with Crippen LogP contribution >= 0.6 is 11.3 Å². The van der Waals surface area contributed by atoms with Gasteiger partial charge in [-0.15, -0.1) is 11.3 Å². The summed E-state index contributed by atoms with van der Waals surface area (Å²) in [4.78, 5) is 4.75. The molecular weight excluding hydrogens is 242 g/mol. The van der Waals surface area contributed by atoms with Crippen LogP contribution < -0.4 is 0 Å². The molecule has 18 heavy (non-hydrogen) atoms. The lowest BCUT2D eigenvalue weighted by Crippen LogP contribution is -1.87. The summed E-state index contributed by atoms with van der Waals surface area (Å²) in [5.74, 6) is 0.927. The van der Waals surface area contributed by atoms with E-state index in [9.17, 15) is 0 Å². The van der Waals surface area contributed by atoms with E-state index in [0.717, 1.165) is 11.0 Å². The second-order valence-electron chi connectivity index (χ2n) is 5.31. The van der Waals surface area contributed by atoms with E-state index in [1.54, 1.807) is 11.3 Å². The Kier molecular flexibility index (Phi) is 2.63. The van der Waals surface area contributed by atoms with Gasteiger partial charge in [0.1, 0.15) is 11.0 Å². The maximum absolute atomic E-state index is 4.75. The first kappa shape index (κ1) is 11.7. The van der Waals surface area contributed by atoms with E-state index in [-0.39, 0.29) is 0 Å². The Morgan fingerprint density at radius 3 is 2.50 bits per heavy atom. The van der Waals surface area contributed by atoms with Gasteiger partial charge in [0, 0.05) is 17.0 Å². The molecule has 0 amide bonds. The fraction of sp³-hybridized carbons (Fsp3) is 0.429. The topological polar surface area (TPSA) is 41.6 Å². The first-order chi connectivity index (χ1) is 8.58. The minimum atomic E-state index is 0.454. The van der Waals surface area contributed by atoms with E-state index >= 15 is 0 Å². The molecule has 0 bridgehead atoms. The van der Waals surface area contributed by atoms with E-state index in [1.165, 1.54) is 20.8 Å². The summed E-state index contributed by atoms with van der Waals surface area (Å²) in [7, 11) is 0. The summed E-state index contributed by atoms with van der Waals surface area (Å²) in [6, 6.07) is 4.33. The molecule has 2 aromatic heterocycles. The molecule has 0 aliphatic heterocycles. The summed E-state index contributed by atoms with van der Waals surface area (Å²) in [5.41, 5.74) is 3.26. The van der Waals surface area contributed by atoms with Crippen LogP contribution in [-0.4, -0.2) is 15.2 Å². The summed E-state index contributed by atoms with van der Waals surface area (Å²) >= 11 is 1.77. The molecule has 3 rings (SSSR count). The number of aromatic amines is 1. The third-order valence-corrected chi connectivity index (χ3v) is 4.52. The normalized spacial score (nSPS) is 12.3. The Hall–Kier alpha value is -1.42. The second kappa shape index (κ2) is 4.05. The highest BCUT2D eigenvalue weighted by atomic mass is 32.1. The molecule has 0 aliphatic carbocycles. The van der Waals surface area contributed by atoms with Gasteiger partial charge in [0.05, 0.1) is 9.71 Å². The van der Waals surface area contributed by atoms with Crippen molar-refractivity contribution in [1.82, 2.24) is 15.2 Å². The van der Waals surface area contributed by atoms with Crippen LogP contribution in [0.5, 0.6) is 0 Å². The van der Waals surface area contributed by atoms with Crippen LogP contribution in [0.15, 0.2) is 12.1 Å². The smallest absolute Gasteiger partial charge is 0.119 e. The van der Waals surface area contributed by atoms with Crippen molar-refractivity contribution in [1.29, 1.82) is 0 Å². The predicted octanol–water partition coefficient (Wildman–Crippen LogP) is 4.42. The zero-order valence-electron chi connectivity index (χ0n) is 11.1. The number of thiazole rings is 1. The maximum Gasteiger partial charge on any atom is 0.119 e. The Balaban J connectivity index is 2.32. The SMILES string of the molecule is CC(C)c1nc2c(ccc3c(C(C)C)[nH]nc32)s1. The molecule has 0 radical (unpaired) electrons. The van der Waals surface area contributed by atoms with Gasteiger partial charge < -0.3 is 0 Å². The van der Waals surface area contributed by atoms with Crippen molar-refractivity contribution in [2.24, 2.45) is 0 Å². The van der Waals surface area contributed by atoms with Crippen molar-refractivity contribution in [3.63, 3.8) is 0 Å². The van der Waals surface area contributed by atoms with Crippen molar-refractivity contribution in [3.8, 4) is 0 Å². The Morgan fingerprint density at radius 2 is 1.83 bits per heavy atom. The molecular formula is C14H17N3S. The number of fused-ring (bicyclic) bond motifs is 3. The van der Waals surface area contributed by atoms with Crippen LogP contribution in [0.4, 0.5) is 0 Å². The summed E-state index contributed by atoms with van der Waals surface area (Å²) in [5, 5.41) is 10.0. The largest absolute Gasteiger partial charge is 0.281 e. The summed E-state index contributed by atoms with van der Waals surface area (Å²) < 4.78 is 1.23. The molecule has 0 spiro atoms. The molecule has 1 N–H and O–H groups in total. The molecule has 2 heterocycles. The predicted molar refractivity (Wildman–Crippen MR) is 77.4 cm³/mol. The third kappa shape index (κ3) is 1.63. The Morgan fingerprint density at radius 1 is 1.06 bits per heavy atom. The van der Waals surface area contributed by atoms with Crippen LogP contribution in [0.2, 0.25) is 0 Å². The summed E-state index contributed by atoms with van der Waals surface area (Å²) in [6.07, 6.45) is 0. The number of nitrogens with zero attached hydrogens (tertiary/aromatic N) is 2. The van der Waals surface area contributed by atoms with Gasteiger partial charge in [-0.1, -0.05) is 27.7 Å². The molecule has 0 saturated heterocycles. The molecule has 3 aromatic rings. The molecule has 0 fully saturated rings. The van der Waals surface area contributed by atoms with E-state index in [0.29, 0.717) is 11.8 Å². The minimum absolute atomic E-state index is 0.454. The third-order valence-electron chi connectivity index (χ3n) is 3.20. The van der Waals surface area contributed by atoms with Crippen LogP contribution in [0.3, 0.4) is 0 Å². The molecule has 0 atom stereocenters. The van der Waals surface area contributed by atoms with Gasteiger partial charge in [-0.05, 0) is 18.1 Å². The monoisotopic (exact) mass is 259 g/mol. The highest BCUT2D eigenvalue weighted by Gasteiger charge is 2.15. The van der Waals surface area contributed by atoms with Gasteiger partial charge in [-0.2, -0.15) is 5.10 Å². The number of hydrogen-bond donors (Lipinski definition) is 1. The molecule has 1 aromatic carbocycles. The van der Waals surface area contributed by atoms with Crippen LogP contribution in [0, 0.1) is 0 Å². The molecule has 0 aliphatic rings. The van der Waals surface area contributed by atoms with E-state index in [2.05, 4.69) is 50.0 Å². The lowest BCUT2D eigenvalue weighted by molar-refractivity contribution is 0.818. The van der Waals surface area contributed by atoms with E-state index in [1.807, 2.05) is 0 Å². The number of hydrogen-bond acceptors (Lipinski definition) is 3. The van der Waals surface area contributed by atoms with Gasteiger partial charge >= 0.3 is 0 Å². The lowest BCUT2D eigenvalue weighted by atomic mass is 10.1. The van der Waals surface area contributed by atoms with Crippen molar-refractivity contribution in [2.75, 3.05) is 0 Å². The van der Waals surface area contributed by atoms with Crippen molar-refractivity contribution < 1.29 is 0 Å². The Bertz CT molecular complexity index is 706. The first-order valence-electron chi connectivity index (χ1n) is 6.35. The minimum Gasteiger partial charge on any atom is -0.281 e. The molecule has 3 nitrogen and oxygen atoms in total. The van der Waals surface area contributed by atoms with Gasteiger partial charge in [-0.25, -0.2) is 4.98 Å². The van der Waals surface area contributed by atoms with Gasteiger partial charge in [-0.3, -0.25) is 5.10 Å². The van der Waals surface area contributed by atoms with Gasteiger partial charge in [0.15, 0.2) is 0 Å². The fourth-order valence-electron chi connectivity index (χ4n) is 2.19. The zero-order valence-corrected chi connectivity index (χ0v) is 11.9. The van der Waals surface area contributed by atoms with Crippen LogP contribution in [0.25, 0.3) is 21.1 Å².